The highest BCUT2D eigenvalue weighted by atomic mass is 127. The Balaban J connectivity index is 0.00000361. The number of halogens is 3. The topological polar surface area (TPSA) is 75.3 Å². The molecule has 114 valence electrons. The van der Waals surface area contributed by atoms with Crippen molar-refractivity contribution in [1.29, 1.82) is 0 Å². The van der Waals surface area contributed by atoms with Crippen LogP contribution in [0, 0.1) is 5.92 Å². The van der Waals surface area contributed by atoms with Gasteiger partial charge in [-0.3, -0.25) is 4.99 Å². The zero-order chi connectivity index (χ0) is 14.3. The Morgan fingerprint density at radius 3 is 2.70 bits per heavy atom. The van der Waals surface area contributed by atoms with Gasteiger partial charge in [0.2, 0.25) is 0 Å². The molecule has 5 nitrogen and oxygen atoms in total. The van der Waals surface area contributed by atoms with Crippen molar-refractivity contribution in [2.45, 2.75) is 13.8 Å². The van der Waals surface area contributed by atoms with E-state index in [0.717, 1.165) is 6.54 Å². The normalized spacial score (nSPS) is 11.2. The molecule has 0 amide bonds. The van der Waals surface area contributed by atoms with Crippen LogP contribution in [-0.4, -0.2) is 30.6 Å². The second kappa shape index (κ2) is 10.3. The molecule has 0 atom stereocenters. The van der Waals surface area contributed by atoms with E-state index < -0.39 is 0 Å². The van der Waals surface area contributed by atoms with Gasteiger partial charge in [-0.15, -0.1) is 24.0 Å². The van der Waals surface area contributed by atoms with Gasteiger partial charge in [-0.25, -0.2) is 4.98 Å². The van der Waals surface area contributed by atoms with Gasteiger partial charge >= 0.3 is 0 Å². The highest BCUT2D eigenvalue weighted by molar-refractivity contribution is 14.0. The predicted octanol–water partition coefficient (Wildman–Crippen LogP) is 2.98. The van der Waals surface area contributed by atoms with Gasteiger partial charge in [-0.05, 0) is 12.0 Å². The second-order valence-electron chi connectivity index (χ2n) is 4.46. The first-order valence-electron chi connectivity index (χ1n) is 6.07. The summed E-state index contributed by atoms with van der Waals surface area (Å²) in [6.45, 7) is 6.16. The fourth-order valence-electron chi connectivity index (χ4n) is 1.25. The molecule has 0 aromatic carbocycles. The molecule has 0 saturated carbocycles. The number of pyridine rings is 1. The zero-order valence-electron chi connectivity index (χ0n) is 11.5. The van der Waals surface area contributed by atoms with Gasteiger partial charge in [0.15, 0.2) is 5.96 Å². The van der Waals surface area contributed by atoms with Gasteiger partial charge in [0.1, 0.15) is 5.82 Å². The standard InChI is InChI=1S/C12H19Cl2N5.HI/c1-8(2)6-19-12(15)17-4-3-16-11-10(14)5-9(13)7-18-11;/h5,7-8H,3-4,6H2,1-2H3,(H,16,18)(H3,15,17,19);1H. The fraction of sp³-hybridized carbons (Fsp3) is 0.500. The van der Waals surface area contributed by atoms with E-state index in [9.17, 15) is 0 Å². The predicted molar refractivity (Wildman–Crippen MR) is 97.5 cm³/mol. The van der Waals surface area contributed by atoms with Gasteiger partial charge in [0.25, 0.3) is 0 Å². The van der Waals surface area contributed by atoms with Crippen LogP contribution in [0.1, 0.15) is 13.8 Å². The fourth-order valence-corrected chi connectivity index (χ4v) is 1.70. The van der Waals surface area contributed by atoms with Crippen LogP contribution in [0.3, 0.4) is 0 Å². The minimum Gasteiger partial charge on any atom is -0.370 e. The molecule has 1 aromatic rings. The molecule has 0 fully saturated rings. The first-order valence-corrected chi connectivity index (χ1v) is 6.83. The summed E-state index contributed by atoms with van der Waals surface area (Å²) in [6.07, 6.45) is 1.54. The van der Waals surface area contributed by atoms with Crippen LogP contribution in [0.15, 0.2) is 17.3 Å². The third-order valence-electron chi connectivity index (χ3n) is 2.16. The number of nitrogens with zero attached hydrogens (tertiary/aromatic N) is 2. The van der Waals surface area contributed by atoms with Crippen LogP contribution >= 0.6 is 47.2 Å². The Bertz CT molecular complexity index is 440. The van der Waals surface area contributed by atoms with Gasteiger partial charge in [0.05, 0.1) is 10.0 Å². The number of aromatic nitrogens is 1. The number of hydrogen-bond donors (Lipinski definition) is 3. The van der Waals surface area contributed by atoms with Crippen LogP contribution < -0.4 is 16.4 Å². The van der Waals surface area contributed by atoms with E-state index in [2.05, 4.69) is 34.5 Å². The molecule has 0 saturated heterocycles. The van der Waals surface area contributed by atoms with Crippen molar-refractivity contribution in [3.05, 3.63) is 22.3 Å². The maximum absolute atomic E-state index is 5.98. The van der Waals surface area contributed by atoms with E-state index in [1.54, 1.807) is 12.3 Å². The van der Waals surface area contributed by atoms with Crippen molar-refractivity contribution >= 4 is 59.0 Å². The molecule has 1 rings (SSSR count). The third-order valence-corrected chi connectivity index (χ3v) is 2.65. The van der Waals surface area contributed by atoms with E-state index in [0.29, 0.717) is 40.8 Å². The van der Waals surface area contributed by atoms with Crippen LogP contribution in [0.2, 0.25) is 10.0 Å². The van der Waals surface area contributed by atoms with E-state index >= 15 is 0 Å². The minimum absolute atomic E-state index is 0. The second-order valence-corrected chi connectivity index (χ2v) is 5.30. The lowest BCUT2D eigenvalue weighted by Gasteiger charge is -2.09. The molecule has 0 bridgehead atoms. The van der Waals surface area contributed by atoms with Crippen molar-refractivity contribution in [2.24, 2.45) is 16.6 Å². The number of nitrogens with two attached hydrogens (primary N) is 1. The number of hydrogen-bond acceptors (Lipinski definition) is 3. The van der Waals surface area contributed by atoms with Crippen molar-refractivity contribution in [3.8, 4) is 0 Å². The van der Waals surface area contributed by atoms with Crippen LogP contribution in [-0.2, 0) is 0 Å². The largest absolute Gasteiger partial charge is 0.370 e. The number of anilines is 1. The smallest absolute Gasteiger partial charge is 0.188 e. The van der Waals surface area contributed by atoms with E-state index in [-0.39, 0.29) is 24.0 Å². The summed E-state index contributed by atoms with van der Waals surface area (Å²) < 4.78 is 0. The molecule has 8 heteroatoms. The lowest BCUT2D eigenvalue weighted by atomic mass is 10.2. The van der Waals surface area contributed by atoms with Gasteiger partial charge in [0, 0.05) is 25.8 Å². The van der Waals surface area contributed by atoms with Crippen molar-refractivity contribution < 1.29 is 0 Å². The maximum Gasteiger partial charge on any atom is 0.188 e. The maximum atomic E-state index is 5.98. The number of aliphatic imine (C=N–C) groups is 1. The Morgan fingerprint density at radius 2 is 2.10 bits per heavy atom. The molecular formula is C12H20Cl2IN5. The summed E-state index contributed by atoms with van der Waals surface area (Å²) in [5, 5.41) is 7.10. The SMILES string of the molecule is CC(C)CN=C(N)NCCNc1ncc(Cl)cc1Cl.I. The number of rotatable bonds is 6. The molecule has 1 heterocycles. The molecule has 1 aromatic heterocycles. The first kappa shape index (κ1) is 19.5. The van der Waals surface area contributed by atoms with Gasteiger partial charge in [-0.1, -0.05) is 37.0 Å². The monoisotopic (exact) mass is 431 g/mol. The van der Waals surface area contributed by atoms with Crippen LogP contribution in [0.25, 0.3) is 0 Å². The summed E-state index contributed by atoms with van der Waals surface area (Å²) in [6, 6.07) is 1.64. The molecule has 20 heavy (non-hydrogen) atoms. The lowest BCUT2D eigenvalue weighted by molar-refractivity contribution is 0.661. The number of guanidine groups is 1. The summed E-state index contributed by atoms with van der Waals surface area (Å²) in [4.78, 5) is 8.28. The lowest BCUT2D eigenvalue weighted by Crippen LogP contribution is -2.35. The molecular weight excluding hydrogens is 412 g/mol. The Labute approximate surface area is 146 Å². The Morgan fingerprint density at radius 1 is 1.40 bits per heavy atom. The number of nitrogens with one attached hydrogen (secondary N) is 2. The summed E-state index contributed by atoms with van der Waals surface area (Å²) in [5.41, 5.74) is 5.70. The van der Waals surface area contributed by atoms with Crippen molar-refractivity contribution in [1.82, 2.24) is 10.3 Å². The van der Waals surface area contributed by atoms with Crippen LogP contribution in [0.4, 0.5) is 5.82 Å². The molecule has 0 unspecified atom stereocenters. The quantitative estimate of drug-likeness (QED) is 0.280. The van der Waals surface area contributed by atoms with Gasteiger partial charge < -0.3 is 16.4 Å². The molecule has 0 radical (unpaired) electrons. The third kappa shape index (κ3) is 7.96. The summed E-state index contributed by atoms with van der Waals surface area (Å²) in [7, 11) is 0. The van der Waals surface area contributed by atoms with Crippen LogP contribution in [0.5, 0.6) is 0 Å². The summed E-state index contributed by atoms with van der Waals surface area (Å²) in [5.74, 6) is 1.55. The summed E-state index contributed by atoms with van der Waals surface area (Å²) >= 11 is 11.7. The van der Waals surface area contributed by atoms with E-state index in [1.165, 1.54) is 0 Å². The highest BCUT2D eigenvalue weighted by Crippen LogP contribution is 2.21. The van der Waals surface area contributed by atoms with Gasteiger partial charge in [-0.2, -0.15) is 0 Å². The minimum atomic E-state index is 0. The van der Waals surface area contributed by atoms with E-state index in [4.69, 9.17) is 28.9 Å². The van der Waals surface area contributed by atoms with E-state index in [1.807, 2.05) is 0 Å². The average Bonchev–Trinajstić information content (AvgIpc) is 2.34. The van der Waals surface area contributed by atoms with Crippen molar-refractivity contribution in [3.63, 3.8) is 0 Å². The first-order chi connectivity index (χ1) is 8.99. The molecule has 0 aliphatic carbocycles. The highest BCUT2D eigenvalue weighted by Gasteiger charge is 2.01. The molecule has 4 N–H and O–H groups in total. The average molecular weight is 432 g/mol. The molecule has 0 aliphatic heterocycles. The zero-order valence-corrected chi connectivity index (χ0v) is 15.3. The Kier molecular flexibility index (Phi) is 10.0. The molecule has 0 aliphatic rings. The van der Waals surface area contributed by atoms with Crippen molar-refractivity contribution in [2.75, 3.05) is 25.0 Å². The Hall–Kier alpha value is -0.470. The molecule has 0 spiro atoms.